The van der Waals surface area contributed by atoms with Gasteiger partial charge in [-0.05, 0) is 26.7 Å². The molecule has 0 aliphatic heterocycles. The predicted octanol–water partition coefficient (Wildman–Crippen LogP) is 1.32. The molecule has 2 amide bonds. The molecule has 1 aliphatic carbocycles. The fourth-order valence-corrected chi connectivity index (χ4v) is 2.12. The molecule has 1 aromatic heterocycles. The average Bonchev–Trinajstić information content (AvgIpc) is 3.08. The normalized spacial score (nSPS) is 15.9. The number of aromatic nitrogens is 1. The summed E-state index contributed by atoms with van der Waals surface area (Å²) in [6, 6.07) is 2.00. The van der Waals surface area contributed by atoms with Crippen LogP contribution in [0.25, 0.3) is 0 Å². The van der Waals surface area contributed by atoms with Gasteiger partial charge in [-0.3, -0.25) is 9.59 Å². The third-order valence-electron chi connectivity index (χ3n) is 2.66. The number of amides is 2. The Bertz CT molecular complexity index is 471. The van der Waals surface area contributed by atoms with Gasteiger partial charge < -0.3 is 15.2 Å². The largest absolute Gasteiger partial charge is 0.360 e. The van der Waals surface area contributed by atoms with Crippen LogP contribution in [-0.4, -0.2) is 34.0 Å². The number of aryl methyl sites for hydroxylation is 1. The van der Waals surface area contributed by atoms with Crippen LogP contribution in [0.3, 0.4) is 0 Å². The average molecular weight is 283 g/mol. The first kappa shape index (κ1) is 13.9. The van der Waals surface area contributed by atoms with Crippen LogP contribution in [0.5, 0.6) is 0 Å². The number of hydrogen-bond donors (Lipinski definition) is 2. The van der Waals surface area contributed by atoms with Gasteiger partial charge >= 0.3 is 0 Å². The fourth-order valence-electron chi connectivity index (χ4n) is 1.43. The van der Waals surface area contributed by atoms with E-state index in [1.807, 2.05) is 0 Å². The fraction of sp³-hybridized carbons (Fsp3) is 0.583. The van der Waals surface area contributed by atoms with E-state index in [0.29, 0.717) is 23.4 Å². The Morgan fingerprint density at radius 3 is 2.89 bits per heavy atom. The Balaban J connectivity index is 1.70. The van der Waals surface area contributed by atoms with Gasteiger partial charge in [0, 0.05) is 12.1 Å². The molecule has 7 heteroatoms. The van der Waals surface area contributed by atoms with Crippen molar-refractivity contribution in [2.75, 3.05) is 11.1 Å². The number of nitrogens with one attached hydrogen (secondary N) is 2. The maximum atomic E-state index is 11.8. The highest BCUT2D eigenvalue weighted by atomic mass is 32.2. The molecule has 0 radical (unpaired) electrons. The molecule has 0 aromatic carbocycles. The Morgan fingerprint density at radius 1 is 1.58 bits per heavy atom. The van der Waals surface area contributed by atoms with E-state index in [0.717, 1.165) is 12.8 Å². The lowest BCUT2D eigenvalue weighted by Crippen LogP contribution is -2.29. The van der Waals surface area contributed by atoms with Crippen molar-refractivity contribution in [3.8, 4) is 0 Å². The standard InChI is InChI=1S/C12H17N3O3S/c1-7-5-10(15-18-7)14-12(17)8(2)19-6-11(16)13-9-3-4-9/h5,8-9H,3-4,6H2,1-2H3,(H,13,16)(H,14,15,17)/t8-/m0/s1. The number of rotatable bonds is 6. The van der Waals surface area contributed by atoms with Crippen LogP contribution in [0, 0.1) is 6.92 Å². The molecule has 0 saturated heterocycles. The van der Waals surface area contributed by atoms with Crippen molar-refractivity contribution in [3.63, 3.8) is 0 Å². The van der Waals surface area contributed by atoms with Gasteiger partial charge in [0.25, 0.3) is 0 Å². The van der Waals surface area contributed by atoms with E-state index in [2.05, 4.69) is 15.8 Å². The van der Waals surface area contributed by atoms with Gasteiger partial charge in [0.1, 0.15) is 5.76 Å². The molecule has 6 nitrogen and oxygen atoms in total. The van der Waals surface area contributed by atoms with Gasteiger partial charge in [-0.2, -0.15) is 0 Å². The number of hydrogen-bond acceptors (Lipinski definition) is 5. The quantitative estimate of drug-likeness (QED) is 0.822. The van der Waals surface area contributed by atoms with Crippen molar-refractivity contribution < 1.29 is 14.1 Å². The summed E-state index contributed by atoms with van der Waals surface area (Å²) in [6.45, 7) is 3.51. The molecule has 0 unspecified atom stereocenters. The highest BCUT2D eigenvalue weighted by Crippen LogP contribution is 2.19. The van der Waals surface area contributed by atoms with Crippen LogP contribution < -0.4 is 10.6 Å². The maximum absolute atomic E-state index is 11.8. The molecule has 1 atom stereocenters. The molecule has 0 bridgehead atoms. The maximum Gasteiger partial charge on any atom is 0.238 e. The molecular formula is C12H17N3O3S. The van der Waals surface area contributed by atoms with Crippen LogP contribution in [0.15, 0.2) is 10.6 Å². The zero-order chi connectivity index (χ0) is 13.8. The minimum atomic E-state index is -0.318. The van der Waals surface area contributed by atoms with E-state index in [1.54, 1.807) is 19.9 Å². The van der Waals surface area contributed by atoms with E-state index in [1.165, 1.54) is 11.8 Å². The molecular weight excluding hydrogens is 266 g/mol. The summed E-state index contributed by atoms with van der Waals surface area (Å²) in [5.41, 5.74) is 0. The summed E-state index contributed by atoms with van der Waals surface area (Å²) >= 11 is 1.31. The van der Waals surface area contributed by atoms with E-state index in [9.17, 15) is 9.59 Å². The second kappa shape index (κ2) is 6.10. The molecule has 1 heterocycles. The molecule has 1 saturated carbocycles. The SMILES string of the molecule is Cc1cc(NC(=O)[C@H](C)SCC(=O)NC2CC2)no1. The van der Waals surface area contributed by atoms with Crippen molar-refractivity contribution in [2.24, 2.45) is 0 Å². The second-order valence-electron chi connectivity index (χ2n) is 4.61. The molecule has 2 rings (SSSR count). The molecule has 19 heavy (non-hydrogen) atoms. The minimum absolute atomic E-state index is 0.00979. The number of carbonyl (C=O) groups is 2. The third kappa shape index (κ3) is 4.59. The van der Waals surface area contributed by atoms with Gasteiger partial charge in [-0.25, -0.2) is 0 Å². The Kier molecular flexibility index (Phi) is 4.47. The van der Waals surface area contributed by atoms with E-state index < -0.39 is 0 Å². The minimum Gasteiger partial charge on any atom is -0.360 e. The van der Waals surface area contributed by atoms with Crippen molar-refractivity contribution in [1.82, 2.24) is 10.5 Å². The molecule has 1 fully saturated rings. The number of carbonyl (C=O) groups excluding carboxylic acids is 2. The number of thioether (sulfide) groups is 1. The highest BCUT2D eigenvalue weighted by molar-refractivity contribution is 8.01. The highest BCUT2D eigenvalue weighted by Gasteiger charge is 2.24. The summed E-state index contributed by atoms with van der Waals surface area (Å²) in [5.74, 6) is 1.14. The van der Waals surface area contributed by atoms with E-state index in [-0.39, 0.29) is 17.1 Å². The van der Waals surface area contributed by atoms with Crippen molar-refractivity contribution in [1.29, 1.82) is 0 Å². The van der Waals surface area contributed by atoms with Crippen LogP contribution in [0.4, 0.5) is 5.82 Å². The zero-order valence-electron chi connectivity index (χ0n) is 10.9. The second-order valence-corrected chi connectivity index (χ2v) is 5.94. The summed E-state index contributed by atoms with van der Waals surface area (Å²) < 4.78 is 4.86. The lowest BCUT2D eigenvalue weighted by molar-refractivity contribution is -0.118. The van der Waals surface area contributed by atoms with Gasteiger partial charge in [0.2, 0.25) is 11.8 Å². The Hall–Kier alpha value is -1.50. The van der Waals surface area contributed by atoms with Gasteiger partial charge in [0.15, 0.2) is 5.82 Å². The Labute approximate surface area is 115 Å². The zero-order valence-corrected chi connectivity index (χ0v) is 11.8. The van der Waals surface area contributed by atoms with Gasteiger partial charge in [-0.1, -0.05) is 5.16 Å². The lowest BCUT2D eigenvalue weighted by Gasteiger charge is -2.10. The van der Waals surface area contributed by atoms with Crippen molar-refractivity contribution in [3.05, 3.63) is 11.8 Å². The molecule has 1 aromatic rings. The summed E-state index contributed by atoms with van der Waals surface area (Å²) in [6.07, 6.45) is 2.13. The van der Waals surface area contributed by atoms with Crippen LogP contribution in [0.1, 0.15) is 25.5 Å². The molecule has 0 spiro atoms. The van der Waals surface area contributed by atoms with E-state index in [4.69, 9.17) is 4.52 Å². The molecule has 104 valence electrons. The summed E-state index contributed by atoms with van der Waals surface area (Å²) in [4.78, 5) is 23.3. The molecule has 2 N–H and O–H groups in total. The van der Waals surface area contributed by atoms with Gasteiger partial charge in [-0.15, -0.1) is 11.8 Å². The van der Waals surface area contributed by atoms with Crippen LogP contribution in [0.2, 0.25) is 0 Å². The lowest BCUT2D eigenvalue weighted by atomic mass is 10.4. The smallest absolute Gasteiger partial charge is 0.238 e. The Morgan fingerprint density at radius 2 is 2.32 bits per heavy atom. The van der Waals surface area contributed by atoms with Crippen LogP contribution in [-0.2, 0) is 9.59 Å². The predicted molar refractivity (Wildman–Crippen MR) is 73.0 cm³/mol. The van der Waals surface area contributed by atoms with Gasteiger partial charge in [0.05, 0.1) is 11.0 Å². The first-order chi connectivity index (χ1) is 9.04. The first-order valence-corrected chi connectivity index (χ1v) is 7.24. The topological polar surface area (TPSA) is 84.2 Å². The molecule has 1 aliphatic rings. The monoisotopic (exact) mass is 283 g/mol. The summed E-state index contributed by atoms with van der Waals surface area (Å²) in [7, 11) is 0. The van der Waals surface area contributed by atoms with E-state index >= 15 is 0 Å². The number of anilines is 1. The van der Waals surface area contributed by atoms with Crippen LogP contribution >= 0.6 is 11.8 Å². The third-order valence-corrected chi connectivity index (χ3v) is 3.80. The number of nitrogens with zero attached hydrogens (tertiary/aromatic N) is 1. The summed E-state index contributed by atoms with van der Waals surface area (Å²) in [5, 5.41) is 8.89. The van der Waals surface area contributed by atoms with Crippen molar-refractivity contribution in [2.45, 2.75) is 38.0 Å². The van der Waals surface area contributed by atoms with Crippen molar-refractivity contribution >= 4 is 29.4 Å². The first-order valence-electron chi connectivity index (χ1n) is 6.20.